The third-order valence-electron chi connectivity index (χ3n) is 3.90. The van der Waals surface area contributed by atoms with Crippen molar-refractivity contribution in [2.24, 2.45) is 5.73 Å². The van der Waals surface area contributed by atoms with Crippen LogP contribution in [0.15, 0.2) is 18.2 Å². The Morgan fingerprint density at radius 1 is 1.32 bits per heavy atom. The van der Waals surface area contributed by atoms with Crippen molar-refractivity contribution in [2.45, 2.75) is 5.54 Å². The van der Waals surface area contributed by atoms with Crippen molar-refractivity contribution in [3.63, 3.8) is 0 Å². The Balaban J connectivity index is 2.43. The minimum Gasteiger partial charge on any atom is -0.493 e. The van der Waals surface area contributed by atoms with Gasteiger partial charge in [0.2, 0.25) is 0 Å². The van der Waals surface area contributed by atoms with Crippen LogP contribution in [-0.4, -0.2) is 52.5 Å². The van der Waals surface area contributed by atoms with Crippen LogP contribution in [0.25, 0.3) is 0 Å². The molecular weight excluding hydrogens is 244 g/mol. The number of nitrogens with two attached hydrogens (primary N) is 1. The minimum absolute atomic E-state index is 0.294. The molecule has 1 heterocycles. The molecule has 0 radical (unpaired) electrons. The Hall–Kier alpha value is -1.30. The standard InChI is InChI=1S/C14H22N2O3/c1-16-6-7-19-10-14(16,9-15)11-4-5-12(17-2)13(8-11)18-3/h4-5,8H,6-7,9-10,15H2,1-3H3. The number of ether oxygens (including phenoxy) is 3. The van der Waals surface area contributed by atoms with E-state index in [9.17, 15) is 0 Å². The zero-order chi connectivity index (χ0) is 13.9. The minimum atomic E-state index is -0.294. The Kier molecular flexibility index (Phi) is 4.29. The largest absolute Gasteiger partial charge is 0.493 e. The average molecular weight is 266 g/mol. The molecule has 5 nitrogen and oxygen atoms in total. The van der Waals surface area contributed by atoms with E-state index >= 15 is 0 Å². The van der Waals surface area contributed by atoms with Gasteiger partial charge in [-0.1, -0.05) is 6.07 Å². The molecular formula is C14H22N2O3. The summed E-state index contributed by atoms with van der Waals surface area (Å²) in [4.78, 5) is 2.25. The first kappa shape index (κ1) is 14.1. The van der Waals surface area contributed by atoms with E-state index in [0.717, 1.165) is 24.5 Å². The van der Waals surface area contributed by atoms with Crippen LogP contribution in [0.1, 0.15) is 5.56 Å². The molecule has 0 aromatic heterocycles. The Bertz CT molecular complexity index is 439. The molecule has 1 aromatic rings. The van der Waals surface area contributed by atoms with Crippen molar-refractivity contribution in [1.29, 1.82) is 0 Å². The van der Waals surface area contributed by atoms with Crippen LogP contribution in [0, 0.1) is 0 Å². The molecule has 1 aromatic carbocycles. The molecule has 0 spiro atoms. The lowest BCUT2D eigenvalue weighted by atomic mass is 9.88. The van der Waals surface area contributed by atoms with Crippen LogP contribution in [0.5, 0.6) is 11.5 Å². The highest BCUT2D eigenvalue weighted by Gasteiger charge is 2.38. The number of nitrogens with zero attached hydrogens (tertiary/aromatic N) is 1. The smallest absolute Gasteiger partial charge is 0.161 e. The summed E-state index contributed by atoms with van der Waals surface area (Å²) in [5.74, 6) is 1.43. The van der Waals surface area contributed by atoms with Gasteiger partial charge in [0, 0.05) is 13.1 Å². The van der Waals surface area contributed by atoms with Gasteiger partial charge in [-0.25, -0.2) is 0 Å². The lowest BCUT2D eigenvalue weighted by molar-refractivity contribution is -0.0550. The second-order valence-corrected chi connectivity index (χ2v) is 4.78. The van der Waals surface area contributed by atoms with Gasteiger partial charge < -0.3 is 19.9 Å². The molecule has 1 unspecified atom stereocenters. The highest BCUT2D eigenvalue weighted by atomic mass is 16.5. The van der Waals surface area contributed by atoms with Crippen molar-refractivity contribution in [3.05, 3.63) is 23.8 Å². The molecule has 0 amide bonds. The maximum atomic E-state index is 6.03. The topological polar surface area (TPSA) is 57.0 Å². The summed E-state index contributed by atoms with van der Waals surface area (Å²) in [7, 11) is 5.34. The van der Waals surface area contributed by atoms with Crippen molar-refractivity contribution in [2.75, 3.05) is 47.6 Å². The zero-order valence-corrected chi connectivity index (χ0v) is 11.8. The van der Waals surface area contributed by atoms with Crippen molar-refractivity contribution in [3.8, 4) is 11.5 Å². The third kappa shape index (κ3) is 2.41. The molecule has 0 bridgehead atoms. The van der Waals surface area contributed by atoms with E-state index in [-0.39, 0.29) is 5.54 Å². The van der Waals surface area contributed by atoms with E-state index in [1.54, 1.807) is 14.2 Å². The zero-order valence-electron chi connectivity index (χ0n) is 11.8. The SMILES string of the molecule is COc1ccc(C2(CN)COCCN2C)cc1OC. The van der Waals surface area contributed by atoms with Crippen LogP contribution in [0.3, 0.4) is 0 Å². The quantitative estimate of drug-likeness (QED) is 0.874. The molecule has 1 fully saturated rings. The number of hydrogen-bond donors (Lipinski definition) is 1. The van der Waals surface area contributed by atoms with E-state index in [1.165, 1.54) is 0 Å². The van der Waals surface area contributed by atoms with Crippen LogP contribution >= 0.6 is 0 Å². The fourth-order valence-corrected chi connectivity index (χ4v) is 2.53. The molecule has 1 saturated heterocycles. The van der Waals surface area contributed by atoms with Gasteiger partial charge in [0.25, 0.3) is 0 Å². The van der Waals surface area contributed by atoms with Crippen LogP contribution in [-0.2, 0) is 10.3 Å². The Morgan fingerprint density at radius 3 is 2.63 bits per heavy atom. The number of methoxy groups -OCH3 is 2. The summed E-state index contributed by atoms with van der Waals surface area (Å²) in [6, 6.07) is 5.92. The lowest BCUT2D eigenvalue weighted by Gasteiger charge is -2.44. The van der Waals surface area contributed by atoms with Gasteiger partial charge in [-0.05, 0) is 24.7 Å². The van der Waals surface area contributed by atoms with Crippen LogP contribution in [0.2, 0.25) is 0 Å². The molecule has 0 saturated carbocycles. The molecule has 19 heavy (non-hydrogen) atoms. The summed E-state index contributed by atoms with van der Waals surface area (Å²) in [5.41, 5.74) is 6.83. The number of hydrogen-bond acceptors (Lipinski definition) is 5. The van der Waals surface area contributed by atoms with Crippen LogP contribution in [0.4, 0.5) is 0 Å². The van der Waals surface area contributed by atoms with Gasteiger partial charge in [-0.3, -0.25) is 4.90 Å². The van der Waals surface area contributed by atoms with Crippen molar-refractivity contribution in [1.82, 2.24) is 4.90 Å². The number of likely N-dealkylation sites (N-methyl/N-ethyl adjacent to an activating group) is 1. The van der Waals surface area contributed by atoms with E-state index in [2.05, 4.69) is 11.9 Å². The highest BCUT2D eigenvalue weighted by Crippen LogP contribution is 2.35. The fourth-order valence-electron chi connectivity index (χ4n) is 2.53. The normalized spacial score (nSPS) is 24.2. The van der Waals surface area contributed by atoms with Gasteiger partial charge in [0.05, 0.1) is 33.0 Å². The first-order valence-corrected chi connectivity index (χ1v) is 6.39. The molecule has 1 aliphatic rings. The molecule has 0 aliphatic carbocycles. The maximum absolute atomic E-state index is 6.03. The molecule has 1 aliphatic heterocycles. The van der Waals surface area contributed by atoms with E-state index in [4.69, 9.17) is 19.9 Å². The number of morpholine rings is 1. The van der Waals surface area contributed by atoms with Crippen molar-refractivity contribution < 1.29 is 14.2 Å². The predicted molar refractivity (Wildman–Crippen MR) is 73.7 cm³/mol. The summed E-state index contributed by atoms with van der Waals surface area (Å²) in [6.45, 7) is 2.70. The van der Waals surface area contributed by atoms with Gasteiger partial charge in [-0.15, -0.1) is 0 Å². The Labute approximate surface area is 114 Å². The second-order valence-electron chi connectivity index (χ2n) is 4.78. The first-order valence-electron chi connectivity index (χ1n) is 6.39. The van der Waals surface area contributed by atoms with Gasteiger partial charge >= 0.3 is 0 Å². The van der Waals surface area contributed by atoms with Gasteiger partial charge in [-0.2, -0.15) is 0 Å². The molecule has 106 valence electrons. The first-order chi connectivity index (χ1) is 9.17. The molecule has 1 atom stereocenters. The summed E-state index contributed by atoms with van der Waals surface area (Å²) in [6.07, 6.45) is 0. The molecule has 2 rings (SSSR count). The van der Waals surface area contributed by atoms with Crippen molar-refractivity contribution >= 4 is 0 Å². The molecule has 2 N–H and O–H groups in total. The highest BCUT2D eigenvalue weighted by molar-refractivity contribution is 5.45. The van der Waals surface area contributed by atoms with E-state index < -0.39 is 0 Å². The van der Waals surface area contributed by atoms with E-state index in [1.807, 2.05) is 18.2 Å². The summed E-state index contributed by atoms with van der Waals surface area (Å²) in [5, 5.41) is 0. The average Bonchev–Trinajstić information content (AvgIpc) is 2.47. The lowest BCUT2D eigenvalue weighted by Crippen LogP contribution is -2.56. The second kappa shape index (κ2) is 5.77. The summed E-state index contributed by atoms with van der Waals surface area (Å²) >= 11 is 0. The fraction of sp³-hybridized carbons (Fsp3) is 0.571. The predicted octanol–water partition coefficient (Wildman–Crippen LogP) is 0.820. The molecule has 5 heteroatoms. The van der Waals surface area contributed by atoms with E-state index in [0.29, 0.717) is 18.9 Å². The number of benzene rings is 1. The monoisotopic (exact) mass is 266 g/mol. The Morgan fingerprint density at radius 2 is 2.05 bits per heavy atom. The van der Waals surface area contributed by atoms with Gasteiger partial charge in [0.15, 0.2) is 11.5 Å². The summed E-state index contributed by atoms with van der Waals surface area (Å²) < 4.78 is 16.3. The number of rotatable bonds is 4. The van der Waals surface area contributed by atoms with Crippen LogP contribution < -0.4 is 15.2 Å². The maximum Gasteiger partial charge on any atom is 0.161 e. The third-order valence-corrected chi connectivity index (χ3v) is 3.90. The van der Waals surface area contributed by atoms with Gasteiger partial charge in [0.1, 0.15) is 0 Å².